The third-order valence-electron chi connectivity index (χ3n) is 2.86. The summed E-state index contributed by atoms with van der Waals surface area (Å²) in [5.74, 6) is -6.14. The van der Waals surface area contributed by atoms with E-state index in [0.717, 1.165) is 0 Å². The first-order valence-electron chi connectivity index (χ1n) is 6.85. The number of carboxylic acids is 2. The van der Waals surface area contributed by atoms with Gasteiger partial charge < -0.3 is 42.5 Å². The van der Waals surface area contributed by atoms with Gasteiger partial charge in [0.15, 0.2) is 35.2 Å². The van der Waals surface area contributed by atoms with Crippen molar-refractivity contribution < 1.29 is 39.6 Å². The van der Waals surface area contributed by atoms with E-state index in [1.165, 1.54) is 0 Å². The van der Waals surface area contributed by atoms with Crippen LogP contribution in [0.1, 0.15) is 21.0 Å². The molecule has 0 bridgehead atoms. The zero-order valence-corrected chi connectivity index (χ0v) is 13.0. The molecular weight excluding hydrogens is 356 g/mol. The van der Waals surface area contributed by atoms with Crippen LogP contribution >= 0.6 is 0 Å². The Balaban J connectivity index is 2.87. The number of rotatable bonds is 8. The number of aliphatic hydroxyl groups is 2. The average Bonchev–Trinajstić information content (AvgIpc) is 2.57. The molecule has 0 aliphatic rings. The fourth-order valence-electron chi connectivity index (χ4n) is 1.52. The summed E-state index contributed by atoms with van der Waals surface area (Å²) < 4.78 is 0. The van der Waals surface area contributed by atoms with Gasteiger partial charge in [0.25, 0.3) is 11.8 Å². The SMILES string of the molecule is Nc1nc(C(=O)NC[C@H](O)C(=O)O)c(N)nc1C(=O)NC[C@H](O)C(=O)O. The molecule has 10 N–H and O–H groups in total. The third kappa shape index (κ3) is 5.25. The molecule has 26 heavy (non-hydrogen) atoms. The molecule has 14 nitrogen and oxygen atoms in total. The van der Waals surface area contributed by atoms with E-state index in [-0.39, 0.29) is 0 Å². The second-order valence-corrected chi connectivity index (χ2v) is 4.82. The normalized spacial score (nSPS) is 12.7. The number of carbonyl (C=O) groups is 4. The fourth-order valence-corrected chi connectivity index (χ4v) is 1.52. The largest absolute Gasteiger partial charge is 0.479 e. The number of nitrogens with one attached hydrogen (secondary N) is 2. The highest BCUT2D eigenvalue weighted by Gasteiger charge is 2.23. The standard InChI is InChI=1S/C12H16N6O8/c13-7-5(9(21)15-1-3(19)11(23)24)17-8(14)6(18-7)10(22)16-2-4(20)12(25)26/h3-4,19-20H,1-2H2,(H2,14,17)(H2,13,18)(H,15,21)(H,16,22)(H,23,24)(H,25,26)/t3-,4-/m0/s1. The molecule has 142 valence electrons. The number of carbonyl (C=O) groups excluding carboxylic acids is 2. The van der Waals surface area contributed by atoms with Crippen LogP contribution in [-0.2, 0) is 9.59 Å². The first-order valence-corrected chi connectivity index (χ1v) is 6.85. The lowest BCUT2D eigenvalue weighted by Gasteiger charge is -2.12. The van der Waals surface area contributed by atoms with Crippen LogP contribution in [0.2, 0.25) is 0 Å². The second-order valence-electron chi connectivity index (χ2n) is 4.82. The van der Waals surface area contributed by atoms with E-state index < -0.39 is 72.1 Å². The topological polar surface area (TPSA) is 251 Å². The van der Waals surface area contributed by atoms with Crippen molar-refractivity contribution in [2.24, 2.45) is 0 Å². The lowest BCUT2D eigenvalue weighted by molar-refractivity contribution is -0.147. The molecule has 0 aliphatic carbocycles. The number of amides is 2. The molecule has 1 aromatic heterocycles. The Hall–Kier alpha value is -3.52. The molecule has 0 fully saturated rings. The number of aliphatic hydroxyl groups excluding tert-OH is 2. The molecule has 0 saturated heterocycles. The first kappa shape index (κ1) is 20.5. The monoisotopic (exact) mass is 372 g/mol. The van der Waals surface area contributed by atoms with Gasteiger partial charge in [0.2, 0.25) is 0 Å². The van der Waals surface area contributed by atoms with Gasteiger partial charge in [-0.25, -0.2) is 19.6 Å². The Bertz CT molecular complexity index is 677. The van der Waals surface area contributed by atoms with E-state index in [2.05, 4.69) is 9.97 Å². The van der Waals surface area contributed by atoms with Crippen LogP contribution in [-0.4, -0.2) is 79.4 Å². The molecule has 0 radical (unpaired) electrons. The lowest BCUT2D eigenvalue weighted by atomic mass is 10.3. The number of nitrogens with two attached hydrogens (primary N) is 2. The van der Waals surface area contributed by atoms with Crippen molar-refractivity contribution in [3.63, 3.8) is 0 Å². The van der Waals surface area contributed by atoms with Crippen molar-refractivity contribution in [1.82, 2.24) is 20.6 Å². The van der Waals surface area contributed by atoms with E-state index in [0.29, 0.717) is 0 Å². The number of hydrogen-bond acceptors (Lipinski definition) is 10. The smallest absolute Gasteiger partial charge is 0.334 e. The Morgan fingerprint density at radius 2 is 1.12 bits per heavy atom. The minimum Gasteiger partial charge on any atom is -0.479 e. The predicted octanol–water partition coefficient (Wildman–Crippen LogP) is -4.01. The molecular formula is C12H16N6O8. The quantitative estimate of drug-likeness (QED) is 0.217. The summed E-state index contributed by atoms with van der Waals surface area (Å²) in [6.45, 7) is -1.27. The highest BCUT2D eigenvalue weighted by molar-refractivity contribution is 6.01. The number of nitrogen functional groups attached to an aromatic ring is 2. The van der Waals surface area contributed by atoms with E-state index in [1.54, 1.807) is 0 Å². The molecule has 2 amide bonds. The summed E-state index contributed by atoms with van der Waals surface area (Å²) in [7, 11) is 0. The van der Waals surface area contributed by atoms with Gasteiger partial charge in [-0.2, -0.15) is 0 Å². The summed E-state index contributed by atoms with van der Waals surface area (Å²) in [4.78, 5) is 51.8. The summed E-state index contributed by atoms with van der Waals surface area (Å²) in [5, 5.41) is 39.3. The van der Waals surface area contributed by atoms with Crippen molar-refractivity contribution >= 4 is 35.4 Å². The number of carboxylic acid groups (broad SMARTS) is 2. The van der Waals surface area contributed by atoms with Crippen LogP contribution in [0.4, 0.5) is 11.6 Å². The average molecular weight is 372 g/mol. The van der Waals surface area contributed by atoms with Crippen molar-refractivity contribution in [2.75, 3.05) is 24.6 Å². The van der Waals surface area contributed by atoms with E-state index in [1.807, 2.05) is 10.6 Å². The molecule has 0 aromatic carbocycles. The first-order chi connectivity index (χ1) is 12.0. The van der Waals surface area contributed by atoms with Crippen LogP contribution in [0.5, 0.6) is 0 Å². The van der Waals surface area contributed by atoms with Gasteiger partial charge in [-0.05, 0) is 0 Å². The van der Waals surface area contributed by atoms with Gasteiger partial charge in [-0.3, -0.25) is 9.59 Å². The lowest BCUT2D eigenvalue weighted by Crippen LogP contribution is -2.38. The molecule has 2 atom stereocenters. The highest BCUT2D eigenvalue weighted by atomic mass is 16.4. The van der Waals surface area contributed by atoms with Gasteiger partial charge in [-0.1, -0.05) is 0 Å². The maximum Gasteiger partial charge on any atom is 0.334 e. The fraction of sp³-hybridized carbons (Fsp3) is 0.333. The molecule has 14 heteroatoms. The number of nitrogens with zero attached hydrogens (tertiary/aromatic N) is 2. The summed E-state index contributed by atoms with van der Waals surface area (Å²) in [5.41, 5.74) is 9.99. The van der Waals surface area contributed by atoms with Crippen molar-refractivity contribution in [2.45, 2.75) is 12.2 Å². The maximum atomic E-state index is 11.9. The summed E-state index contributed by atoms with van der Waals surface area (Å²) in [6, 6.07) is 0. The van der Waals surface area contributed by atoms with Gasteiger partial charge in [-0.15, -0.1) is 0 Å². The van der Waals surface area contributed by atoms with E-state index in [9.17, 15) is 19.2 Å². The van der Waals surface area contributed by atoms with Crippen molar-refractivity contribution in [1.29, 1.82) is 0 Å². The van der Waals surface area contributed by atoms with E-state index >= 15 is 0 Å². The molecule has 0 spiro atoms. The van der Waals surface area contributed by atoms with Gasteiger partial charge in [0, 0.05) is 0 Å². The molecule has 1 rings (SSSR count). The highest BCUT2D eigenvalue weighted by Crippen LogP contribution is 2.13. The second kappa shape index (κ2) is 8.54. The minimum absolute atomic E-state index is 0.512. The summed E-state index contributed by atoms with van der Waals surface area (Å²) >= 11 is 0. The number of aromatic nitrogens is 2. The minimum atomic E-state index is -1.85. The zero-order chi connectivity index (χ0) is 20.0. The maximum absolute atomic E-state index is 11.9. The van der Waals surface area contributed by atoms with E-state index in [4.69, 9.17) is 31.9 Å². The zero-order valence-electron chi connectivity index (χ0n) is 13.0. The Labute approximate surface area is 144 Å². The van der Waals surface area contributed by atoms with Gasteiger partial charge >= 0.3 is 11.9 Å². The Kier molecular flexibility index (Phi) is 6.74. The number of anilines is 2. The molecule has 1 heterocycles. The van der Waals surface area contributed by atoms with Crippen LogP contribution < -0.4 is 22.1 Å². The molecule has 1 aromatic rings. The van der Waals surface area contributed by atoms with Crippen LogP contribution in [0.15, 0.2) is 0 Å². The molecule has 0 unspecified atom stereocenters. The van der Waals surface area contributed by atoms with Gasteiger partial charge in [0.05, 0.1) is 13.1 Å². The molecule has 0 aliphatic heterocycles. The van der Waals surface area contributed by atoms with Crippen molar-refractivity contribution in [3.8, 4) is 0 Å². The van der Waals surface area contributed by atoms with Crippen LogP contribution in [0.25, 0.3) is 0 Å². The number of aliphatic carboxylic acids is 2. The summed E-state index contributed by atoms with van der Waals surface area (Å²) in [6.07, 6.45) is -3.70. The third-order valence-corrected chi connectivity index (χ3v) is 2.86. The predicted molar refractivity (Wildman–Crippen MR) is 82.8 cm³/mol. The van der Waals surface area contributed by atoms with Gasteiger partial charge in [0.1, 0.15) is 0 Å². The van der Waals surface area contributed by atoms with Crippen LogP contribution in [0.3, 0.4) is 0 Å². The van der Waals surface area contributed by atoms with Crippen LogP contribution in [0, 0.1) is 0 Å². The van der Waals surface area contributed by atoms with Crippen molar-refractivity contribution in [3.05, 3.63) is 11.4 Å². The number of hydrogen-bond donors (Lipinski definition) is 8. The Morgan fingerprint density at radius 1 is 0.808 bits per heavy atom. The Morgan fingerprint density at radius 3 is 1.38 bits per heavy atom. The molecule has 0 saturated carbocycles.